The van der Waals surface area contributed by atoms with Crippen LogP contribution in [-0.2, 0) is 6.61 Å². The van der Waals surface area contributed by atoms with E-state index in [1.54, 1.807) is 60.8 Å². The summed E-state index contributed by atoms with van der Waals surface area (Å²) in [7, 11) is 1.53. The Balaban J connectivity index is 1.58. The lowest BCUT2D eigenvalue weighted by molar-refractivity contribution is 0.104. The predicted octanol–water partition coefficient (Wildman–Crippen LogP) is 4.13. The summed E-state index contributed by atoms with van der Waals surface area (Å²) in [6.07, 6.45) is 4.79. The molecule has 0 atom stereocenters. The average Bonchev–Trinajstić information content (AvgIpc) is 3.42. The van der Waals surface area contributed by atoms with Gasteiger partial charge in [-0.1, -0.05) is 30.3 Å². The van der Waals surface area contributed by atoms with Gasteiger partial charge in [0.2, 0.25) is 0 Å². The number of allylic oxidation sites excluding steroid dienone is 1. The van der Waals surface area contributed by atoms with Gasteiger partial charge in [-0.2, -0.15) is 0 Å². The molecule has 7 heteroatoms. The first-order valence-corrected chi connectivity index (χ1v) is 9.97. The van der Waals surface area contributed by atoms with Crippen molar-refractivity contribution in [3.63, 3.8) is 0 Å². The molecule has 2 heterocycles. The molecule has 0 fully saturated rings. The number of carbonyl (C=O) groups is 1. The van der Waals surface area contributed by atoms with E-state index < -0.39 is 0 Å². The molecule has 2 N–H and O–H groups in total. The van der Waals surface area contributed by atoms with Crippen LogP contribution in [0.15, 0.2) is 76.1 Å². The average molecular weight is 430 g/mol. The molecule has 4 aromatic rings. The van der Waals surface area contributed by atoms with Crippen LogP contribution in [0.1, 0.15) is 27.2 Å². The first kappa shape index (κ1) is 21.1. The molecule has 4 rings (SSSR count). The summed E-state index contributed by atoms with van der Waals surface area (Å²) in [6, 6.07) is 15.8. The highest BCUT2D eigenvalue weighted by atomic mass is 16.5. The van der Waals surface area contributed by atoms with Crippen LogP contribution in [0.4, 0.5) is 0 Å². The molecule has 7 nitrogen and oxygen atoms in total. The zero-order valence-electron chi connectivity index (χ0n) is 17.7. The molecule has 0 spiro atoms. The molecule has 0 unspecified atom stereocenters. The van der Waals surface area contributed by atoms with Crippen molar-refractivity contribution in [1.82, 2.24) is 9.55 Å². The van der Waals surface area contributed by atoms with Crippen molar-refractivity contribution in [2.75, 3.05) is 7.11 Å². The molecule has 0 saturated carbocycles. The van der Waals surface area contributed by atoms with E-state index in [1.165, 1.54) is 17.8 Å². The number of methoxy groups -OCH3 is 1. The normalized spacial score (nSPS) is 11.2. The molecule has 0 amide bonds. The summed E-state index contributed by atoms with van der Waals surface area (Å²) in [4.78, 5) is 28.0. The van der Waals surface area contributed by atoms with Crippen molar-refractivity contribution < 1.29 is 19.1 Å². The monoisotopic (exact) mass is 430 g/mol. The van der Waals surface area contributed by atoms with Gasteiger partial charge >= 0.3 is 5.69 Å². The number of aliphatic hydroxyl groups excluding tert-OH is 1. The van der Waals surface area contributed by atoms with Gasteiger partial charge in [0, 0.05) is 17.3 Å². The number of furan rings is 1. The summed E-state index contributed by atoms with van der Waals surface area (Å²) in [6.45, 7) is 1.71. The van der Waals surface area contributed by atoms with Gasteiger partial charge in [-0.05, 0) is 48.9 Å². The van der Waals surface area contributed by atoms with E-state index in [1.807, 2.05) is 13.0 Å². The first-order chi connectivity index (χ1) is 15.5. The summed E-state index contributed by atoms with van der Waals surface area (Å²) < 4.78 is 12.3. The lowest BCUT2D eigenvalue weighted by atomic mass is 10.1. The molecule has 0 saturated heterocycles. The number of aromatic nitrogens is 2. The molecule has 0 aliphatic rings. The van der Waals surface area contributed by atoms with Crippen LogP contribution < -0.4 is 10.4 Å². The Morgan fingerprint density at radius 3 is 2.75 bits per heavy atom. The molecule has 0 aliphatic carbocycles. The van der Waals surface area contributed by atoms with Crippen LogP contribution in [0.3, 0.4) is 0 Å². The molecule has 2 aromatic heterocycles. The summed E-state index contributed by atoms with van der Waals surface area (Å²) in [5.74, 6) is 1.66. The van der Waals surface area contributed by atoms with E-state index in [0.29, 0.717) is 34.0 Å². The van der Waals surface area contributed by atoms with Crippen LogP contribution in [-0.4, -0.2) is 27.6 Å². The second kappa shape index (κ2) is 8.95. The molecule has 162 valence electrons. The number of ether oxygens (including phenoxy) is 1. The Morgan fingerprint density at radius 2 is 2.03 bits per heavy atom. The molecule has 0 bridgehead atoms. The summed E-state index contributed by atoms with van der Waals surface area (Å²) >= 11 is 0. The molecule has 2 aromatic carbocycles. The van der Waals surface area contributed by atoms with Crippen molar-refractivity contribution in [3.8, 4) is 22.9 Å². The van der Waals surface area contributed by atoms with Crippen LogP contribution in [0, 0.1) is 6.92 Å². The number of aromatic amines is 1. The fraction of sp³-hybridized carbons (Fsp3) is 0.120. The second-order valence-electron chi connectivity index (χ2n) is 7.23. The van der Waals surface area contributed by atoms with Crippen molar-refractivity contribution in [2.45, 2.75) is 13.5 Å². The quantitative estimate of drug-likeness (QED) is 0.339. The van der Waals surface area contributed by atoms with Crippen LogP contribution in [0.2, 0.25) is 0 Å². The standard InChI is InChI=1S/C25H22N2O5/c1-16-6-11-23(32-16)21-14-27(25(30)26-21)20-5-3-4-18(13-20)22(29)10-8-17-7-9-19(15-28)24(12-17)31-2/h3-14,28H,15H2,1-2H3,(H,26,30)/b10-8+. The second-order valence-corrected chi connectivity index (χ2v) is 7.23. The predicted molar refractivity (Wildman–Crippen MR) is 121 cm³/mol. The van der Waals surface area contributed by atoms with Gasteiger partial charge in [0.25, 0.3) is 0 Å². The molecular weight excluding hydrogens is 408 g/mol. The van der Waals surface area contributed by atoms with Gasteiger partial charge < -0.3 is 19.2 Å². The Labute approximate surface area is 184 Å². The number of hydrogen-bond donors (Lipinski definition) is 2. The zero-order chi connectivity index (χ0) is 22.7. The number of hydrogen-bond acceptors (Lipinski definition) is 5. The first-order valence-electron chi connectivity index (χ1n) is 9.97. The number of aliphatic hydroxyl groups is 1. The van der Waals surface area contributed by atoms with Gasteiger partial charge in [-0.15, -0.1) is 0 Å². The van der Waals surface area contributed by atoms with Crippen molar-refractivity contribution in [1.29, 1.82) is 0 Å². The van der Waals surface area contributed by atoms with Gasteiger partial charge in [-0.3, -0.25) is 9.36 Å². The summed E-state index contributed by atoms with van der Waals surface area (Å²) in [5.41, 5.74) is 2.67. The zero-order valence-corrected chi connectivity index (χ0v) is 17.7. The van der Waals surface area contributed by atoms with E-state index in [4.69, 9.17) is 9.15 Å². The van der Waals surface area contributed by atoms with Crippen LogP contribution in [0.5, 0.6) is 5.75 Å². The topological polar surface area (TPSA) is 97.5 Å². The van der Waals surface area contributed by atoms with Gasteiger partial charge in [0.05, 0.1) is 19.4 Å². The smallest absolute Gasteiger partial charge is 0.330 e. The number of benzene rings is 2. The Kier molecular flexibility index (Phi) is 5.91. The highest BCUT2D eigenvalue weighted by Gasteiger charge is 2.11. The maximum Gasteiger partial charge on any atom is 0.330 e. The number of ketones is 1. The highest BCUT2D eigenvalue weighted by Crippen LogP contribution is 2.22. The number of nitrogens with zero attached hydrogens (tertiary/aromatic N) is 1. The van der Waals surface area contributed by atoms with Gasteiger partial charge in [-0.25, -0.2) is 4.79 Å². The minimum atomic E-state index is -0.328. The fourth-order valence-electron chi connectivity index (χ4n) is 3.36. The van der Waals surface area contributed by atoms with E-state index in [-0.39, 0.29) is 18.1 Å². The Morgan fingerprint density at radius 1 is 1.19 bits per heavy atom. The Bertz CT molecular complexity index is 1360. The highest BCUT2D eigenvalue weighted by molar-refractivity contribution is 6.07. The van der Waals surface area contributed by atoms with Gasteiger partial charge in [0.1, 0.15) is 17.2 Å². The third-order valence-electron chi connectivity index (χ3n) is 5.04. The van der Waals surface area contributed by atoms with Crippen LogP contribution in [0.25, 0.3) is 23.2 Å². The van der Waals surface area contributed by atoms with E-state index in [0.717, 1.165) is 11.3 Å². The minimum Gasteiger partial charge on any atom is -0.496 e. The fourth-order valence-corrected chi connectivity index (χ4v) is 3.36. The molecular formula is C25H22N2O5. The van der Waals surface area contributed by atoms with Crippen molar-refractivity contribution >= 4 is 11.9 Å². The number of nitrogens with one attached hydrogen (secondary N) is 1. The summed E-state index contributed by atoms with van der Waals surface area (Å²) in [5, 5.41) is 9.33. The number of H-pyrrole nitrogens is 1. The third kappa shape index (κ3) is 4.33. The SMILES string of the molecule is COc1cc(/C=C/C(=O)c2cccc(-n3cc(-c4ccc(C)o4)[nH]c3=O)c2)ccc1CO. The lowest BCUT2D eigenvalue weighted by Gasteiger charge is -2.06. The maximum absolute atomic E-state index is 12.7. The maximum atomic E-state index is 12.7. The van der Waals surface area contributed by atoms with Crippen LogP contribution >= 0.6 is 0 Å². The Hall–Kier alpha value is -4.10. The lowest BCUT2D eigenvalue weighted by Crippen LogP contribution is -2.14. The molecule has 0 radical (unpaired) electrons. The van der Waals surface area contributed by atoms with E-state index in [9.17, 15) is 14.7 Å². The van der Waals surface area contributed by atoms with E-state index in [2.05, 4.69) is 4.98 Å². The largest absolute Gasteiger partial charge is 0.496 e. The number of aryl methyl sites for hydroxylation is 1. The van der Waals surface area contributed by atoms with Crippen molar-refractivity contribution in [2.24, 2.45) is 0 Å². The third-order valence-corrected chi connectivity index (χ3v) is 5.04. The van der Waals surface area contributed by atoms with Crippen molar-refractivity contribution in [3.05, 3.63) is 99.8 Å². The number of imidazole rings is 1. The number of carbonyl (C=O) groups excluding carboxylic acids is 1. The molecule has 32 heavy (non-hydrogen) atoms. The minimum absolute atomic E-state index is 0.126. The van der Waals surface area contributed by atoms with E-state index >= 15 is 0 Å². The van der Waals surface area contributed by atoms with Gasteiger partial charge in [0.15, 0.2) is 11.5 Å². The number of rotatable bonds is 7. The molecule has 0 aliphatic heterocycles.